The van der Waals surface area contributed by atoms with E-state index in [0.717, 1.165) is 0 Å². The summed E-state index contributed by atoms with van der Waals surface area (Å²) in [5.41, 5.74) is 0. The van der Waals surface area contributed by atoms with Crippen molar-refractivity contribution < 1.29 is 19.1 Å². The molecule has 6 nitrogen and oxygen atoms in total. The summed E-state index contributed by atoms with van der Waals surface area (Å²) in [6.45, 7) is 6.89. The molecule has 1 N–H and O–H groups in total. The number of nitrogens with one attached hydrogen (secondary N) is 1. The maximum atomic E-state index is 12.4. The van der Waals surface area contributed by atoms with Crippen molar-refractivity contribution in [3.05, 3.63) is 0 Å². The quantitative estimate of drug-likeness (QED) is 0.723. The Labute approximate surface area is 119 Å². The number of esters is 1. The molecule has 0 saturated carbocycles. The molecule has 0 spiro atoms. The van der Waals surface area contributed by atoms with E-state index in [1.54, 1.807) is 11.8 Å². The second-order valence-electron chi connectivity index (χ2n) is 5.46. The third-order valence-corrected chi connectivity index (χ3v) is 3.14. The number of carbonyl (C=O) groups excluding carboxylic acids is 3. The Hall–Kier alpha value is -1.59. The van der Waals surface area contributed by atoms with Crippen molar-refractivity contribution in [2.75, 3.05) is 26.2 Å². The summed E-state index contributed by atoms with van der Waals surface area (Å²) in [5.74, 6) is -0.449. The molecule has 1 fully saturated rings. The summed E-state index contributed by atoms with van der Waals surface area (Å²) in [6, 6.07) is 0. The van der Waals surface area contributed by atoms with Crippen molar-refractivity contribution in [3.63, 3.8) is 0 Å². The van der Waals surface area contributed by atoms with Crippen molar-refractivity contribution in [2.24, 2.45) is 11.8 Å². The van der Waals surface area contributed by atoms with Gasteiger partial charge in [0, 0.05) is 19.5 Å². The van der Waals surface area contributed by atoms with Gasteiger partial charge >= 0.3 is 5.97 Å². The molecule has 0 radical (unpaired) electrons. The van der Waals surface area contributed by atoms with Crippen molar-refractivity contribution in [1.29, 1.82) is 0 Å². The van der Waals surface area contributed by atoms with E-state index in [4.69, 9.17) is 4.74 Å². The molecular formula is C14H24N2O4. The molecule has 1 saturated heterocycles. The number of hydrogen-bond donors (Lipinski definition) is 1. The summed E-state index contributed by atoms with van der Waals surface area (Å²) in [5, 5.41) is 2.70. The van der Waals surface area contributed by atoms with Gasteiger partial charge in [-0.1, -0.05) is 13.8 Å². The molecule has 2 amide bonds. The first-order valence-corrected chi connectivity index (χ1v) is 7.15. The molecule has 1 atom stereocenters. The molecule has 6 heteroatoms. The van der Waals surface area contributed by atoms with Gasteiger partial charge in [0.1, 0.15) is 6.54 Å². The van der Waals surface area contributed by atoms with Crippen molar-refractivity contribution in [2.45, 2.75) is 33.6 Å². The second kappa shape index (κ2) is 7.87. The maximum absolute atomic E-state index is 12.4. The number of nitrogens with zero attached hydrogens (tertiary/aromatic N) is 1. The van der Waals surface area contributed by atoms with E-state index < -0.39 is 0 Å². The van der Waals surface area contributed by atoms with Crippen LogP contribution in [0.15, 0.2) is 0 Å². The fraction of sp³-hybridized carbons (Fsp3) is 0.786. The third kappa shape index (κ3) is 5.19. The second-order valence-corrected chi connectivity index (χ2v) is 5.46. The smallest absolute Gasteiger partial charge is 0.325 e. The number of ether oxygens (including phenoxy) is 1. The molecule has 0 aromatic rings. The van der Waals surface area contributed by atoms with Crippen molar-refractivity contribution in [1.82, 2.24) is 10.2 Å². The monoisotopic (exact) mass is 284 g/mol. The Balaban J connectivity index is 2.63. The van der Waals surface area contributed by atoms with Crippen LogP contribution in [-0.2, 0) is 19.1 Å². The zero-order valence-electron chi connectivity index (χ0n) is 12.5. The van der Waals surface area contributed by atoms with Crippen molar-refractivity contribution >= 4 is 17.8 Å². The first kappa shape index (κ1) is 16.5. The molecule has 1 heterocycles. The SMILES string of the molecule is CCOC(=O)CN(CC(C)C)C(=O)C1CCC(=O)NC1. The zero-order chi connectivity index (χ0) is 15.1. The molecule has 0 aromatic heterocycles. The number of rotatable bonds is 6. The van der Waals surface area contributed by atoms with Gasteiger partial charge in [0.25, 0.3) is 0 Å². The Kier molecular flexibility index (Phi) is 6.48. The van der Waals surface area contributed by atoms with Crippen LogP contribution in [-0.4, -0.2) is 48.9 Å². The molecule has 1 aliphatic rings. The van der Waals surface area contributed by atoms with Crippen LogP contribution < -0.4 is 5.32 Å². The van der Waals surface area contributed by atoms with Crippen LogP contribution in [0.3, 0.4) is 0 Å². The van der Waals surface area contributed by atoms with E-state index in [1.165, 1.54) is 0 Å². The Morgan fingerprint density at radius 2 is 2.15 bits per heavy atom. The van der Waals surface area contributed by atoms with Crippen LogP contribution in [0, 0.1) is 11.8 Å². The van der Waals surface area contributed by atoms with Crippen LogP contribution in [0.1, 0.15) is 33.6 Å². The van der Waals surface area contributed by atoms with Gasteiger partial charge in [-0.2, -0.15) is 0 Å². The third-order valence-electron chi connectivity index (χ3n) is 3.14. The lowest BCUT2D eigenvalue weighted by atomic mass is 9.97. The van der Waals surface area contributed by atoms with Crippen LogP contribution in [0.2, 0.25) is 0 Å². The van der Waals surface area contributed by atoms with Crippen LogP contribution in [0.25, 0.3) is 0 Å². The molecule has 0 aromatic carbocycles. The Morgan fingerprint density at radius 3 is 2.65 bits per heavy atom. The Morgan fingerprint density at radius 1 is 1.45 bits per heavy atom. The minimum absolute atomic E-state index is 0.0186. The summed E-state index contributed by atoms with van der Waals surface area (Å²) in [7, 11) is 0. The number of piperidine rings is 1. The lowest BCUT2D eigenvalue weighted by Crippen LogP contribution is -2.47. The summed E-state index contributed by atoms with van der Waals surface area (Å²) in [6.07, 6.45) is 0.910. The highest BCUT2D eigenvalue weighted by Crippen LogP contribution is 2.15. The summed E-state index contributed by atoms with van der Waals surface area (Å²) < 4.78 is 4.91. The first-order chi connectivity index (χ1) is 9.43. The van der Waals surface area contributed by atoms with E-state index in [2.05, 4.69) is 5.32 Å². The highest BCUT2D eigenvalue weighted by Gasteiger charge is 2.29. The predicted octanol–water partition coefficient (Wildman–Crippen LogP) is 0.560. The average Bonchev–Trinajstić information content (AvgIpc) is 2.38. The van der Waals surface area contributed by atoms with E-state index in [1.807, 2.05) is 13.8 Å². The van der Waals surface area contributed by atoms with Gasteiger partial charge < -0.3 is 15.0 Å². The van der Waals surface area contributed by atoms with Gasteiger partial charge in [0.05, 0.1) is 12.5 Å². The summed E-state index contributed by atoms with van der Waals surface area (Å²) in [4.78, 5) is 36.7. The first-order valence-electron chi connectivity index (χ1n) is 7.15. The maximum Gasteiger partial charge on any atom is 0.325 e. The van der Waals surface area contributed by atoms with Gasteiger partial charge in [0.2, 0.25) is 11.8 Å². The Bertz CT molecular complexity index is 358. The molecule has 20 heavy (non-hydrogen) atoms. The fourth-order valence-corrected chi connectivity index (χ4v) is 2.24. The molecular weight excluding hydrogens is 260 g/mol. The van der Waals surface area contributed by atoms with E-state index in [-0.39, 0.29) is 36.2 Å². The minimum atomic E-state index is -0.388. The van der Waals surface area contributed by atoms with Crippen molar-refractivity contribution in [3.8, 4) is 0 Å². The highest BCUT2D eigenvalue weighted by atomic mass is 16.5. The van der Waals surface area contributed by atoms with Gasteiger partial charge in [-0.25, -0.2) is 0 Å². The number of hydrogen-bond acceptors (Lipinski definition) is 4. The van der Waals surface area contributed by atoms with Crippen LogP contribution in [0.4, 0.5) is 0 Å². The van der Waals surface area contributed by atoms with E-state index in [9.17, 15) is 14.4 Å². The fourth-order valence-electron chi connectivity index (χ4n) is 2.24. The number of carbonyl (C=O) groups is 3. The standard InChI is InChI=1S/C14H24N2O4/c1-4-20-13(18)9-16(8-10(2)3)14(19)11-5-6-12(17)15-7-11/h10-11H,4-9H2,1-3H3,(H,15,17). The van der Waals surface area contributed by atoms with E-state index >= 15 is 0 Å². The minimum Gasteiger partial charge on any atom is -0.465 e. The average molecular weight is 284 g/mol. The zero-order valence-corrected chi connectivity index (χ0v) is 12.5. The van der Waals surface area contributed by atoms with Crippen LogP contribution in [0.5, 0.6) is 0 Å². The molecule has 0 bridgehead atoms. The van der Waals surface area contributed by atoms with Gasteiger partial charge in [0.15, 0.2) is 0 Å². The lowest BCUT2D eigenvalue weighted by molar-refractivity contribution is -0.151. The lowest BCUT2D eigenvalue weighted by Gasteiger charge is -2.30. The predicted molar refractivity (Wildman–Crippen MR) is 73.8 cm³/mol. The normalized spacial score (nSPS) is 18.6. The van der Waals surface area contributed by atoms with Gasteiger partial charge in [-0.15, -0.1) is 0 Å². The molecule has 1 rings (SSSR count). The topological polar surface area (TPSA) is 75.7 Å². The number of amides is 2. The van der Waals surface area contributed by atoms with E-state index in [0.29, 0.717) is 32.5 Å². The summed E-state index contributed by atoms with van der Waals surface area (Å²) >= 11 is 0. The molecule has 0 aliphatic carbocycles. The van der Waals surface area contributed by atoms with Gasteiger partial charge in [-0.05, 0) is 19.3 Å². The molecule has 1 unspecified atom stereocenters. The largest absolute Gasteiger partial charge is 0.465 e. The highest BCUT2D eigenvalue weighted by molar-refractivity contribution is 5.86. The van der Waals surface area contributed by atoms with Gasteiger partial charge in [-0.3, -0.25) is 14.4 Å². The molecule has 1 aliphatic heterocycles. The molecule has 114 valence electrons. The van der Waals surface area contributed by atoms with Crippen LogP contribution >= 0.6 is 0 Å².